The fraction of sp³-hybridized carbons (Fsp3) is 0.286. The summed E-state index contributed by atoms with van der Waals surface area (Å²) in [7, 11) is -1.95. The summed E-state index contributed by atoms with van der Waals surface area (Å²) in [6.45, 7) is 1.64. The maximum Gasteiger partial charge on any atom is 0.331 e. The molecule has 0 bridgehead atoms. The van der Waals surface area contributed by atoms with Crippen LogP contribution in [0.1, 0.15) is 11.1 Å². The molecule has 1 aliphatic heterocycles. The summed E-state index contributed by atoms with van der Waals surface area (Å²) >= 11 is 0. The average molecular weight is 417 g/mol. The predicted molar refractivity (Wildman–Crippen MR) is 108 cm³/mol. The molecule has 29 heavy (non-hydrogen) atoms. The Balaban J connectivity index is 1.57. The van der Waals surface area contributed by atoms with Crippen LogP contribution in [0.3, 0.4) is 0 Å². The molecule has 8 heteroatoms. The minimum atomic E-state index is -3.53. The zero-order valence-electron chi connectivity index (χ0n) is 16.1. The lowest BCUT2D eigenvalue weighted by Gasteiger charge is -2.26. The van der Waals surface area contributed by atoms with Crippen LogP contribution < -0.4 is 4.74 Å². The van der Waals surface area contributed by atoms with Gasteiger partial charge in [0.1, 0.15) is 12.4 Å². The topological polar surface area (TPSA) is 82.1 Å². The van der Waals surface area contributed by atoms with Gasteiger partial charge in [-0.2, -0.15) is 4.31 Å². The molecule has 154 valence electrons. The van der Waals surface area contributed by atoms with Gasteiger partial charge in [0, 0.05) is 19.2 Å². The molecular formula is C21H23NO6S. The monoisotopic (exact) mass is 417 g/mol. The fourth-order valence-corrected chi connectivity index (χ4v) is 4.22. The molecule has 3 rings (SSSR count). The Kier molecular flexibility index (Phi) is 7.03. The Morgan fingerprint density at radius 1 is 1.14 bits per heavy atom. The van der Waals surface area contributed by atoms with Crippen molar-refractivity contribution in [2.45, 2.75) is 11.5 Å². The van der Waals surface area contributed by atoms with Crippen LogP contribution in [0.15, 0.2) is 59.5 Å². The first-order chi connectivity index (χ1) is 14.0. The Labute approximate surface area is 170 Å². The lowest BCUT2D eigenvalue weighted by Crippen LogP contribution is -2.40. The molecule has 0 aromatic heterocycles. The van der Waals surface area contributed by atoms with E-state index in [0.717, 1.165) is 5.56 Å². The summed E-state index contributed by atoms with van der Waals surface area (Å²) in [5, 5.41) is 0. The standard InChI is InChI=1S/C21H23NO6S/c1-26-19-4-2-3-18(15-19)16-28-21(23)10-7-17-5-8-20(9-6-17)29(24,25)22-11-13-27-14-12-22/h2-10,15H,11-14,16H2,1H3/b10-7+. The number of sulfonamides is 1. The van der Waals surface area contributed by atoms with Crippen LogP contribution in [0.5, 0.6) is 5.75 Å². The summed E-state index contributed by atoms with van der Waals surface area (Å²) in [5.41, 5.74) is 1.52. The van der Waals surface area contributed by atoms with Crippen LogP contribution in [0.2, 0.25) is 0 Å². The molecule has 0 aliphatic carbocycles. The smallest absolute Gasteiger partial charge is 0.331 e. The average Bonchev–Trinajstić information content (AvgIpc) is 2.77. The van der Waals surface area contributed by atoms with Gasteiger partial charge in [0.2, 0.25) is 10.0 Å². The number of nitrogens with zero attached hydrogens (tertiary/aromatic N) is 1. The van der Waals surface area contributed by atoms with Crippen molar-refractivity contribution in [3.8, 4) is 5.75 Å². The molecule has 2 aromatic carbocycles. The lowest BCUT2D eigenvalue weighted by atomic mass is 10.2. The number of rotatable bonds is 7. The number of carbonyl (C=O) groups is 1. The first-order valence-corrected chi connectivity index (χ1v) is 10.6. The molecule has 1 saturated heterocycles. The van der Waals surface area contributed by atoms with E-state index in [9.17, 15) is 13.2 Å². The van der Waals surface area contributed by atoms with Crippen LogP contribution >= 0.6 is 0 Å². The molecule has 0 radical (unpaired) electrons. The van der Waals surface area contributed by atoms with Crippen molar-refractivity contribution in [1.29, 1.82) is 0 Å². The summed E-state index contributed by atoms with van der Waals surface area (Å²) < 4.78 is 42.2. The molecule has 0 amide bonds. The van der Waals surface area contributed by atoms with E-state index in [4.69, 9.17) is 14.2 Å². The highest BCUT2D eigenvalue weighted by atomic mass is 32.2. The van der Waals surface area contributed by atoms with Crippen LogP contribution in [0.4, 0.5) is 0 Å². The van der Waals surface area contributed by atoms with E-state index in [0.29, 0.717) is 37.6 Å². The van der Waals surface area contributed by atoms with Crippen molar-refractivity contribution in [2.75, 3.05) is 33.4 Å². The van der Waals surface area contributed by atoms with Crippen molar-refractivity contribution in [2.24, 2.45) is 0 Å². The van der Waals surface area contributed by atoms with Crippen molar-refractivity contribution in [3.63, 3.8) is 0 Å². The molecule has 1 heterocycles. The molecule has 0 spiro atoms. The minimum Gasteiger partial charge on any atom is -0.497 e. The van der Waals surface area contributed by atoms with Gasteiger partial charge < -0.3 is 14.2 Å². The van der Waals surface area contributed by atoms with Gasteiger partial charge in [-0.1, -0.05) is 24.3 Å². The van der Waals surface area contributed by atoms with E-state index in [2.05, 4.69) is 0 Å². The Morgan fingerprint density at radius 3 is 2.55 bits per heavy atom. The maximum absolute atomic E-state index is 12.6. The third-order valence-corrected chi connectivity index (χ3v) is 6.33. The zero-order valence-corrected chi connectivity index (χ0v) is 16.9. The Bertz CT molecular complexity index is 963. The molecule has 0 saturated carbocycles. The minimum absolute atomic E-state index is 0.136. The van der Waals surface area contributed by atoms with Crippen molar-refractivity contribution in [3.05, 3.63) is 65.7 Å². The predicted octanol–water partition coefficient (Wildman–Crippen LogP) is 2.47. The Hall–Kier alpha value is -2.68. The fourth-order valence-electron chi connectivity index (χ4n) is 2.82. The van der Waals surface area contributed by atoms with E-state index < -0.39 is 16.0 Å². The van der Waals surface area contributed by atoms with Crippen molar-refractivity contribution < 1.29 is 27.4 Å². The number of methoxy groups -OCH3 is 1. The first-order valence-electron chi connectivity index (χ1n) is 9.15. The van der Waals surface area contributed by atoms with E-state index in [-0.39, 0.29) is 11.5 Å². The summed E-state index contributed by atoms with van der Waals surface area (Å²) in [6.07, 6.45) is 2.89. The number of esters is 1. The summed E-state index contributed by atoms with van der Waals surface area (Å²) in [4.78, 5) is 12.1. The third-order valence-electron chi connectivity index (χ3n) is 4.42. The molecule has 7 nitrogen and oxygen atoms in total. The normalized spacial score (nSPS) is 15.3. The van der Waals surface area contributed by atoms with Crippen molar-refractivity contribution in [1.82, 2.24) is 4.31 Å². The highest BCUT2D eigenvalue weighted by molar-refractivity contribution is 7.89. The first kappa shape index (κ1) is 21.0. The number of hydrogen-bond acceptors (Lipinski definition) is 6. The van der Waals surface area contributed by atoms with Gasteiger partial charge in [0.05, 0.1) is 25.2 Å². The number of ether oxygens (including phenoxy) is 3. The highest BCUT2D eigenvalue weighted by Gasteiger charge is 2.25. The second-order valence-corrected chi connectivity index (χ2v) is 8.32. The van der Waals surface area contributed by atoms with Gasteiger partial charge >= 0.3 is 5.97 Å². The SMILES string of the molecule is COc1cccc(COC(=O)/C=C/c2ccc(S(=O)(=O)N3CCOCC3)cc2)c1. The third kappa shape index (κ3) is 5.66. The number of hydrogen-bond donors (Lipinski definition) is 0. The van der Waals surface area contributed by atoms with E-state index >= 15 is 0 Å². The molecule has 0 unspecified atom stereocenters. The van der Waals surface area contributed by atoms with E-state index in [1.165, 1.54) is 22.5 Å². The van der Waals surface area contributed by atoms with Gasteiger partial charge in [0.15, 0.2) is 0 Å². The van der Waals surface area contributed by atoms with Gasteiger partial charge in [0.25, 0.3) is 0 Å². The Morgan fingerprint density at radius 2 is 1.86 bits per heavy atom. The van der Waals surface area contributed by atoms with E-state index in [1.807, 2.05) is 18.2 Å². The number of benzene rings is 2. The summed E-state index contributed by atoms with van der Waals surface area (Å²) in [6, 6.07) is 13.6. The van der Waals surface area contributed by atoms with Gasteiger partial charge in [-0.25, -0.2) is 13.2 Å². The van der Waals surface area contributed by atoms with E-state index in [1.54, 1.807) is 31.4 Å². The number of carbonyl (C=O) groups excluding carboxylic acids is 1. The lowest BCUT2D eigenvalue weighted by molar-refractivity contribution is -0.138. The molecule has 0 N–H and O–H groups in total. The van der Waals surface area contributed by atoms with Crippen LogP contribution in [-0.2, 0) is 30.9 Å². The van der Waals surface area contributed by atoms with Gasteiger partial charge in [-0.3, -0.25) is 0 Å². The maximum atomic E-state index is 12.6. The van der Waals surface area contributed by atoms with Crippen molar-refractivity contribution >= 4 is 22.1 Å². The van der Waals surface area contributed by atoms with Gasteiger partial charge in [-0.05, 0) is 41.5 Å². The molecule has 2 aromatic rings. The molecule has 1 aliphatic rings. The largest absolute Gasteiger partial charge is 0.497 e. The number of morpholine rings is 1. The summed E-state index contributed by atoms with van der Waals surface area (Å²) in [5.74, 6) is 0.207. The molecule has 0 atom stereocenters. The van der Waals surface area contributed by atoms with Crippen LogP contribution in [0, 0.1) is 0 Å². The quantitative estimate of drug-likeness (QED) is 0.509. The second kappa shape index (κ2) is 9.69. The molecule has 1 fully saturated rings. The van der Waals surface area contributed by atoms with Crippen LogP contribution in [0.25, 0.3) is 6.08 Å². The van der Waals surface area contributed by atoms with Gasteiger partial charge in [-0.15, -0.1) is 0 Å². The molecular weight excluding hydrogens is 394 g/mol. The van der Waals surface area contributed by atoms with Crippen LogP contribution in [-0.4, -0.2) is 52.1 Å². The second-order valence-electron chi connectivity index (χ2n) is 6.38. The zero-order chi connectivity index (χ0) is 20.7. The highest BCUT2D eigenvalue weighted by Crippen LogP contribution is 2.18.